The van der Waals surface area contributed by atoms with Crippen LogP contribution >= 0.6 is 0 Å². The molecule has 1 saturated carbocycles. The van der Waals surface area contributed by atoms with Gasteiger partial charge in [-0.25, -0.2) is 4.79 Å². The fourth-order valence-corrected chi connectivity index (χ4v) is 4.87. The Kier molecular flexibility index (Phi) is 5.70. The number of fused-ring (bicyclic) bond motifs is 2. The molecule has 1 atom stereocenters. The van der Waals surface area contributed by atoms with Crippen molar-refractivity contribution in [3.05, 3.63) is 76.9 Å². The monoisotopic (exact) mass is 472 g/mol. The Morgan fingerprint density at radius 1 is 1.09 bits per heavy atom. The first kappa shape index (κ1) is 23.2. The molecule has 5 rings (SSSR count). The fraction of sp³-hybridized carbons (Fsp3) is 0.379. The number of hydrogen-bond acceptors (Lipinski definition) is 4. The van der Waals surface area contributed by atoms with E-state index in [1.807, 2.05) is 52.0 Å². The molecule has 2 aliphatic rings. The van der Waals surface area contributed by atoms with Gasteiger partial charge in [0.05, 0.1) is 12.1 Å². The second-order valence-corrected chi connectivity index (χ2v) is 10.7. The molecule has 2 amide bonds. The summed E-state index contributed by atoms with van der Waals surface area (Å²) >= 11 is 0. The van der Waals surface area contributed by atoms with Gasteiger partial charge in [-0.05, 0) is 74.1 Å². The number of benzene rings is 3. The highest BCUT2D eigenvalue weighted by molar-refractivity contribution is 5.98. The van der Waals surface area contributed by atoms with Gasteiger partial charge in [0, 0.05) is 12.0 Å². The zero-order valence-electron chi connectivity index (χ0n) is 20.7. The van der Waals surface area contributed by atoms with Gasteiger partial charge in [-0.1, -0.05) is 48.5 Å². The number of rotatable bonds is 5. The van der Waals surface area contributed by atoms with E-state index in [1.54, 1.807) is 0 Å². The summed E-state index contributed by atoms with van der Waals surface area (Å²) in [4.78, 5) is 25.4. The zero-order chi connectivity index (χ0) is 24.8. The van der Waals surface area contributed by atoms with Gasteiger partial charge in [-0.2, -0.15) is 0 Å². The second kappa shape index (κ2) is 8.59. The predicted octanol–water partition coefficient (Wildman–Crippen LogP) is 5.40. The quantitative estimate of drug-likeness (QED) is 0.522. The van der Waals surface area contributed by atoms with Gasteiger partial charge >= 0.3 is 6.09 Å². The molecule has 182 valence electrons. The molecule has 6 nitrogen and oxygen atoms in total. The van der Waals surface area contributed by atoms with Gasteiger partial charge in [0.15, 0.2) is 0 Å². The zero-order valence-corrected chi connectivity index (χ0v) is 20.7. The molecule has 1 aliphatic heterocycles. The molecule has 0 spiro atoms. The van der Waals surface area contributed by atoms with Crippen molar-refractivity contribution >= 4 is 22.8 Å². The van der Waals surface area contributed by atoms with Crippen LogP contribution in [0.25, 0.3) is 10.8 Å². The maximum atomic E-state index is 13.4. The van der Waals surface area contributed by atoms with E-state index < -0.39 is 11.7 Å². The number of aryl methyl sites for hydroxylation is 1. The molecule has 1 aliphatic carbocycles. The third-order valence-electron chi connectivity index (χ3n) is 6.67. The predicted molar refractivity (Wildman–Crippen MR) is 136 cm³/mol. The Balaban J connectivity index is 1.29. The van der Waals surface area contributed by atoms with E-state index >= 15 is 0 Å². The number of alkyl carbamates (subject to hydrolysis) is 1. The van der Waals surface area contributed by atoms with E-state index in [1.165, 1.54) is 16.3 Å². The lowest BCUT2D eigenvalue weighted by molar-refractivity contribution is 0.0506. The van der Waals surface area contributed by atoms with Crippen molar-refractivity contribution < 1.29 is 19.1 Å². The molecule has 2 N–H and O–H groups in total. The van der Waals surface area contributed by atoms with Crippen LogP contribution in [0, 0.1) is 6.92 Å². The van der Waals surface area contributed by atoms with E-state index in [4.69, 9.17) is 9.47 Å². The minimum atomic E-state index is -0.548. The topological polar surface area (TPSA) is 76.7 Å². The molecule has 0 saturated heterocycles. The molecule has 0 aromatic heterocycles. The first-order valence-corrected chi connectivity index (χ1v) is 12.2. The van der Waals surface area contributed by atoms with Crippen molar-refractivity contribution in [3.63, 3.8) is 0 Å². The highest BCUT2D eigenvalue weighted by Gasteiger charge is 2.46. The Hall–Kier alpha value is -3.54. The summed E-state index contributed by atoms with van der Waals surface area (Å²) in [6.07, 6.45) is 1.86. The molecule has 0 radical (unpaired) electrons. The van der Waals surface area contributed by atoms with Crippen LogP contribution in [0.5, 0.6) is 5.75 Å². The van der Waals surface area contributed by atoms with Crippen LogP contribution in [-0.2, 0) is 16.7 Å². The maximum Gasteiger partial charge on any atom is 0.407 e. The normalized spacial score (nSPS) is 17.9. The summed E-state index contributed by atoms with van der Waals surface area (Å²) in [5.74, 6) is 0.612. The number of carbonyl (C=O) groups is 2. The third kappa shape index (κ3) is 4.83. The van der Waals surface area contributed by atoms with Gasteiger partial charge in [-0.15, -0.1) is 0 Å². The number of amides is 2. The Morgan fingerprint density at radius 2 is 1.83 bits per heavy atom. The summed E-state index contributed by atoms with van der Waals surface area (Å²) in [6.45, 7) is 7.79. The molecule has 0 bridgehead atoms. The summed E-state index contributed by atoms with van der Waals surface area (Å²) in [7, 11) is 0. The second-order valence-electron chi connectivity index (χ2n) is 10.7. The van der Waals surface area contributed by atoms with Gasteiger partial charge in [-0.3, -0.25) is 4.79 Å². The number of carbonyl (C=O) groups excluding carboxylic acids is 2. The van der Waals surface area contributed by atoms with E-state index in [9.17, 15) is 9.59 Å². The molecule has 1 heterocycles. The fourth-order valence-electron chi connectivity index (χ4n) is 4.87. The molecule has 6 heteroatoms. The van der Waals surface area contributed by atoms with Gasteiger partial charge in [0.1, 0.15) is 17.5 Å². The molecule has 1 fully saturated rings. The minimum Gasteiger partial charge on any atom is -0.488 e. The smallest absolute Gasteiger partial charge is 0.407 e. The summed E-state index contributed by atoms with van der Waals surface area (Å²) in [6, 6.07) is 18.5. The van der Waals surface area contributed by atoms with Crippen LogP contribution < -0.4 is 15.4 Å². The van der Waals surface area contributed by atoms with Crippen molar-refractivity contribution in [2.24, 2.45) is 0 Å². The van der Waals surface area contributed by atoms with E-state index in [0.717, 1.165) is 24.0 Å². The Bertz CT molecular complexity index is 1300. The lowest BCUT2D eigenvalue weighted by Crippen LogP contribution is -2.38. The van der Waals surface area contributed by atoms with Crippen LogP contribution in [0.1, 0.15) is 60.7 Å². The van der Waals surface area contributed by atoms with Crippen LogP contribution in [-0.4, -0.2) is 30.3 Å². The van der Waals surface area contributed by atoms with Crippen molar-refractivity contribution in [1.82, 2.24) is 10.6 Å². The van der Waals surface area contributed by atoms with Crippen molar-refractivity contribution in [2.75, 3.05) is 6.54 Å². The number of nitrogens with one attached hydrogen (secondary N) is 2. The minimum absolute atomic E-state index is 0.0883. The first-order chi connectivity index (χ1) is 16.6. The Labute approximate surface area is 206 Å². The molecule has 1 unspecified atom stereocenters. The van der Waals surface area contributed by atoms with Crippen LogP contribution in [0.15, 0.2) is 54.6 Å². The summed E-state index contributed by atoms with van der Waals surface area (Å²) < 4.78 is 11.4. The average molecular weight is 473 g/mol. The summed E-state index contributed by atoms with van der Waals surface area (Å²) in [5, 5.41) is 8.47. The highest BCUT2D eigenvalue weighted by atomic mass is 16.6. The standard InChI is InChI=1S/C29H32N2O4/c1-18-14-20-15-21(17-30-27(33)35-28(2,3)4)34-25(20)16-23(18)26(32)31-29(12-13-29)24-11-7-9-19-8-5-6-10-22(19)24/h5-11,14,16,21H,12-13,15,17H2,1-4H3,(H,30,33)(H,31,32). The van der Waals surface area contributed by atoms with Gasteiger partial charge < -0.3 is 20.1 Å². The maximum absolute atomic E-state index is 13.4. The lowest BCUT2D eigenvalue weighted by Gasteiger charge is -2.21. The summed E-state index contributed by atoms with van der Waals surface area (Å²) in [5.41, 5.74) is 2.88. The number of hydrogen-bond donors (Lipinski definition) is 2. The van der Waals surface area contributed by atoms with Crippen molar-refractivity contribution in [3.8, 4) is 5.75 Å². The lowest BCUT2D eigenvalue weighted by atomic mass is 9.96. The molecule has 3 aromatic rings. The van der Waals surface area contributed by atoms with Crippen LogP contribution in [0.4, 0.5) is 4.79 Å². The van der Waals surface area contributed by atoms with E-state index in [2.05, 4.69) is 41.0 Å². The van der Waals surface area contributed by atoms with Gasteiger partial charge in [0.2, 0.25) is 0 Å². The molecule has 35 heavy (non-hydrogen) atoms. The Morgan fingerprint density at radius 3 is 2.57 bits per heavy atom. The SMILES string of the molecule is Cc1cc2c(cc1C(=O)NC1(c3cccc4ccccc34)CC1)OC(CNC(=O)OC(C)(C)C)C2. The van der Waals surface area contributed by atoms with Crippen LogP contribution in [0.3, 0.4) is 0 Å². The van der Waals surface area contributed by atoms with E-state index in [-0.39, 0.29) is 17.6 Å². The molecular formula is C29H32N2O4. The highest BCUT2D eigenvalue weighted by Crippen LogP contribution is 2.48. The molecular weight excluding hydrogens is 440 g/mol. The molecule has 3 aromatic carbocycles. The van der Waals surface area contributed by atoms with Crippen molar-refractivity contribution in [2.45, 2.75) is 64.2 Å². The van der Waals surface area contributed by atoms with Crippen molar-refractivity contribution in [1.29, 1.82) is 0 Å². The van der Waals surface area contributed by atoms with E-state index in [0.29, 0.717) is 24.3 Å². The first-order valence-electron chi connectivity index (χ1n) is 12.2. The largest absolute Gasteiger partial charge is 0.488 e. The number of ether oxygens (including phenoxy) is 2. The average Bonchev–Trinajstić information content (AvgIpc) is 3.46. The van der Waals surface area contributed by atoms with Gasteiger partial charge in [0.25, 0.3) is 5.91 Å². The third-order valence-corrected chi connectivity index (χ3v) is 6.67. The van der Waals surface area contributed by atoms with Crippen LogP contribution in [0.2, 0.25) is 0 Å².